The topological polar surface area (TPSA) is 51.0 Å². The van der Waals surface area contributed by atoms with Crippen LogP contribution >= 0.6 is 0 Å². The van der Waals surface area contributed by atoms with Gasteiger partial charge in [0, 0.05) is 26.1 Å². The van der Waals surface area contributed by atoms with Crippen molar-refractivity contribution in [2.75, 3.05) is 13.1 Å². The number of likely N-dealkylation sites (N-methyl/N-ethyl adjacent to an activating group) is 1. The number of aromatic nitrogens is 3. The van der Waals surface area contributed by atoms with Gasteiger partial charge in [-0.1, -0.05) is 13.3 Å². The lowest BCUT2D eigenvalue weighted by molar-refractivity contribution is 0.0705. The molecule has 0 N–H and O–H groups in total. The molecule has 1 aliphatic heterocycles. The molecule has 1 aromatic heterocycles. The molecule has 0 saturated carbocycles. The number of rotatable bonds is 4. The van der Waals surface area contributed by atoms with Crippen LogP contribution in [0.5, 0.6) is 0 Å². The number of hydrogen-bond donors (Lipinski definition) is 0. The Balaban J connectivity index is 2.21. The third kappa shape index (κ3) is 1.81. The number of fused-ring (bicyclic) bond motifs is 1. The highest BCUT2D eigenvalue weighted by molar-refractivity contribution is 5.91. The molecule has 0 fully saturated rings. The van der Waals surface area contributed by atoms with Crippen molar-refractivity contribution in [3.63, 3.8) is 0 Å². The first-order valence-electron chi connectivity index (χ1n) is 5.99. The summed E-state index contributed by atoms with van der Waals surface area (Å²) in [5.74, 6) is 1.49. The molecule has 16 heavy (non-hydrogen) atoms. The lowest BCUT2D eigenvalue weighted by atomic mass is 10.2. The van der Waals surface area contributed by atoms with Gasteiger partial charge in [-0.25, -0.2) is 0 Å². The standard InChI is InChI=1S/C11H18N4O/c1-3-5-6-9-12-13-10-11(16)14(4-2)7-8-15(9)10/h3-8H2,1-2H3. The van der Waals surface area contributed by atoms with Crippen molar-refractivity contribution in [1.29, 1.82) is 0 Å². The highest BCUT2D eigenvalue weighted by atomic mass is 16.2. The Morgan fingerprint density at radius 3 is 2.75 bits per heavy atom. The largest absolute Gasteiger partial charge is 0.334 e. The maximum Gasteiger partial charge on any atom is 0.291 e. The SMILES string of the molecule is CCCCc1nnc2n1CCN(CC)C2=O. The first-order valence-corrected chi connectivity index (χ1v) is 5.99. The Morgan fingerprint density at radius 1 is 1.25 bits per heavy atom. The van der Waals surface area contributed by atoms with Gasteiger partial charge in [-0.15, -0.1) is 10.2 Å². The van der Waals surface area contributed by atoms with Crippen molar-refractivity contribution >= 4 is 5.91 Å². The molecule has 5 heteroatoms. The van der Waals surface area contributed by atoms with Gasteiger partial charge in [-0.05, 0) is 13.3 Å². The van der Waals surface area contributed by atoms with E-state index in [9.17, 15) is 4.79 Å². The van der Waals surface area contributed by atoms with E-state index in [4.69, 9.17) is 0 Å². The smallest absolute Gasteiger partial charge is 0.291 e. The molecule has 0 atom stereocenters. The number of hydrogen-bond acceptors (Lipinski definition) is 3. The van der Waals surface area contributed by atoms with Gasteiger partial charge in [0.05, 0.1) is 0 Å². The fourth-order valence-corrected chi connectivity index (χ4v) is 2.01. The van der Waals surface area contributed by atoms with Crippen LogP contribution in [0.15, 0.2) is 0 Å². The highest BCUT2D eigenvalue weighted by Crippen LogP contribution is 2.13. The van der Waals surface area contributed by atoms with Crippen LogP contribution in [0.2, 0.25) is 0 Å². The van der Waals surface area contributed by atoms with E-state index in [0.29, 0.717) is 5.82 Å². The summed E-state index contributed by atoms with van der Waals surface area (Å²) >= 11 is 0. The van der Waals surface area contributed by atoms with Gasteiger partial charge < -0.3 is 9.47 Å². The second-order valence-electron chi connectivity index (χ2n) is 4.08. The molecule has 0 saturated heterocycles. The van der Waals surface area contributed by atoms with Gasteiger partial charge >= 0.3 is 0 Å². The monoisotopic (exact) mass is 222 g/mol. The molecule has 2 heterocycles. The summed E-state index contributed by atoms with van der Waals surface area (Å²) in [6, 6.07) is 0. The summed E-state index contributed by atoms with van der Waals surface area (Å²) in [4.78, 5) is 13.8. The number of carbonyl (C=O) groups excluding carboxylic acids is 1. The third-order valence-corrected chi connectivity index (χ3v) is 3.04. The first-order chi connectivity index (χ1) is 7.77. The molecule has 88 valence electrons. The molecular weight excluding hydrogens is 204 g/mol. The molecule has 0 spiro atoms. The molecule has 1 aromatic rings. The van der Waals surface area contributed by atoms with Crippen LogP contribution in [-0.4, -0.2) is 38.7 Å². The van der Waals surface area contributed by atoms with Gasteiger partial charge in [0.1, 0.15) is 5.82 Å². The predicted octanol–water partition coefficient (Wildman–Crippen LogP) is 1.10. The Morgan fingerprint density at radius 2 is 2.06 bits per heavy atom. The number of amides is 1. The number of unbranched alkanes of at least 4 members (excludes halogenated alkanes) is 1. The van der Waals surface area contributed by atoms with E-state index < -0.39 is 0 Å². The Kier molecular flexibility index (Phi) is 3.22. The Labute approximate surface area is 95.5 Å². The maximum atomic E-state index is 11.9. The van der Waals surface area contributed by atoms with Gasteiger partial charge in [-0.2, -0.15) is 0 Å². The van der Waals surface area contributed by atoms with E-state index in [0.717, 1.165) is 44.7 Å². The first kappa shape index (κ1) is 11.1. The summed E-state index contributed by atoms with van der Waals surface area (Å²) in [6.07, 6.45) is 3.16. The normalized spacial score (nSPS) is 15.4. The minimum absolute atomic E-state index is 0.0176. The zero-order valence-corrected chi connectivity index (χ0v) is 9.94. The van der Waals surface area contributed by atoms with E-state index in [1.807, 2.05) is 16.4 Å². The average molecular weight is 222 g/mol. The lowest BCUT2D eigenvalue weighted by Gasteiger charge is -2.26. The van der Waals surface area contributed by atoms with Crippen molar-refractivity contribution in [2.24, 2.45) is 0 Å². The zero-order valence-electron chi connectivity index (χ0n) is 9.94. The maximum absolute atomic E-state index is 11.9. The van der Waals surface area contributed by atoms with Crippen molar-refractivity contribution in [3.8, 4) is 0 Å². The van der Waals surface area contributed by atoms with Crippen molar-refractivity contribution in [1.82, 2.24) is 19.7 Å². The summed E-state index contributed by atoms with van der Waals surface area (Å²) in [6.45, 7) is 6.50. The Hall–Kier alpha value is -1.39. The number of aryl methyl sites for hydroxylation is 1. The minimum Gasteiger partial charge on any atom is -0.334 e. The van der Waals surface area contributed by atoms with Crippen LogP contribution in [-0.2, 0) is 13.0 Å². The summed E-state index contributed by atoms with van der Waals surface area (Å²) < 4.78 is 1.98. The number of nitrogens with zero attached hydrogens (tertiary/aromatic N) is 4. The van der Waals surface area contributed by atoms with Crippen LogP contribution in [0.3, 0.4) is 0 Å². The summed E-state index contributed by atoms with van der Waals surface area (Å²) in [5.41, 5.74) is 0. The van der Waals surface area contributed by atoms with Crippen LogP contribution in [0.1, 0.15) is 43.1 Å². The van der Waals surface area contributed by atoms with E-state index >= 15 is 0 Å². The van der Waals surface area contributed by atoms with Gasteiger partial charge in [0.25, 0.3) is 5.91 Å². The van der Waals surface area contributed by atoms with Crippen molar-refractivity contribution < 1.29 is 4.79 Å². The zero-order chi connectivity index (χ0) is 11.5. The molecular formula is C11H18N4O. The predicted molar refractivity (Wildman–Crippen MR) is 60.2 cm³/mol. The van der Waals surface area contributed by atoms with E-state index in [2.05, 4.69) is 17.1 Å². The fourth-order valence-electron chi connectivity index (χ4n) is 2.01. The molecule has 0 radical (unpaired) electrons. The molecule has 1 amide bonds. The number of carbonyl (C=O) groups is 1. The molecule has 0 aliphatic carbocycles. The quantitative estimate of drug-likeness (QED) is 0.766. The van der Waals surface area contributed by atoms with Crippen LogP contribution in [0.4, 0.5) is 0 Å². The molecule has 0 bridgehead atoms. The highest BCUT2D eigenvalue weighted by Gasteiger charge is 2.27. The van der Waals surface area contributed by atoms with E-state index in [1.54, 1.807) is 0 Å². The molecule has 2 rings (SSSR count). The van der Waals surface area contributed by atoms with Gasteiger partial charge in [0.15, 0.2) is 0 Å². The van der Waals surface area contributed by atoms with E-state index in [-0.39, 0.29) is 5.91 Å². The van der Waals surface area contributed by atoms with Crippen molar-refractivity contribution in [3.05, 3.63) is 11.6 Å². The van der Waals surface area contributed by atoms with Crippen molar-refractivity contribution in [2.45, 2.75) is 39.7 Å². The molecule has 0 aromatic carbocycles. The summed E-state index contributed by atoms with van der Waals surface area (Å²) in [5, 5.41) is 8.13. The van der Waals surface area contributed by atoms with E-state index in [1.165, 1.54) is 0 Å². The summed E-state index contributed by atoms with van der Waals surface area (Å²) in [7, 11) is 0. The average Bonchev–Trinajstić information content (AvgIpc) is 2.71. The second kappa shape index (κ2) is 4.63. The Bertz CT molecular complexity index is 385. The van der Waals surface area contributed by atoms with Gasteiger partial charge in [0.2, 0.25) is 5.82 Å². The molecule has 5 nitrogen and oxygen atoms in total. The third-order valence-electron chi connectivity index (χ3n) is 3.04. The molecule has 0 unspecified atom stereocenters. The van der Waals surface area contributed by atoms with Crippen LogP contribution in [0, 0.1) is 0 Å². The fraction of sp³-hybridized carbons (Fsp3) is 0.727. The lowest BCUT2D eigenvalue weighted by Crippen LogP contribution is -2.40. The second-order valence-corrected chi connectivity index (χ2v) is 4.08. The van der Waals surface area contributed by atoms with Crippen LogP contribution < -0.4 is 0 Å². The van der Waals surface area contributed by atoms with Crippen LogP contribution in [0.25, 0.3) is 0 Å². The molecule has 1 aliphatic rings. The minimum atomic E-state index is 0.0176. The van der Waals surface area contributed by atoms with Gasteiger partial charge in [-0.3, -0.25) is 4.79 Å².